The van der Waals surface area contributed by atoms with Crippen molar-refractivity contribution in [1.29, 1.82) is 0 Å². The highest BCUT2D eigenvalue weighted by molar-refractivity contribution is 5.90. The molecule has 1 heterocycles. The lowest BCUT2D eigenvalue weighted by molar-refractivity contribution is -0.156. The van der Waals surface area contributed by atoms with Gasteiger partial charge in [0.1, 0.15) is 24.3 Å². The Bertz CT molecular complexity index is 539. The van der Waals surface area contributed by atoms with E-state index in [0.717, 1.165) is 6.42 Å². The van der Waals surface area contributed by atoms with Crippen molar-refractivity contribution in [3.05, 3.63) is 12.7 Å². The van der Waals surface area contributed by atoms with Crippen molar-refractivity contribution >= 4 is 18.0 Å². The number of esters is 1. The van der Waals surface area contributed by atoms with Gasteiger partial charge in [-0.05, 0) is 39.5 Å². The van der Waals surface area contributed by atoms with Crippen molar-refractivity contribution in [2.45, 2.75) is 65.1 Å². The minimum Gasteiger partial charge on any atom is -0.460 e. The van der Waals surface area contributed by atoms with Gasteiger partial charge in [-0.15, -0.1) is 0 Å². The molecule has 0 saturated carbocycles. The van der Waals surface area contributed by atoms with Gasteiger partial charge < -0.3 is 14.4 Å². The average molecular weight is 368 g/mol. The highest BCUT2D eigenvalue weighted by Crippen LogP contribution is 2.24. The van der Waals surface area contributed by atoms with Crippen LogP contribution >= 0.6 is 0 Å². The summed E-state index contributed by atoms with van der Waals surface area (Å²) in [5.74, 6) is -0.877. The number of likely N-dealkylation sites (tertiary alicyclic amines) is 1. The predicted octanol–water partition coefficient (Wildman–Crippen LogP) is 2.60. The molecule has 0 unspecified atom stereocenters. The predicted molar refractivity (Wildman–Crippen MR) is 98.5 cm³/mol. The van der Waals surface area contributed by atoms with Crippen LogP contribution in [0.25, 0.3) is 0 Å². The summed E-state index contributed by atoms with van der Waals surface area (Å²) >= 11 is 0. The van der Waals surface area contributed by atoms with Crippen LogP contribution in [-0.2, 0) is 19.1 Å². The van der Waals surface area contributed by atoms with E-state index >= 15 is 0 Å². The van der Waals surface area contributed by atoms with Gasteiger partial charge in [-0.2, -0.15) is 0 Å². The maximum atomic E-state index is 13.0. The average Bonchev–Trinajstić information content (AvgIpc) is 2.99. The number of hydrogen-bond acceptors (Lipinski definition) is 5. The fourth-order valence-corrected chi connectivity index (χ4v) is 3.04. The summed E-state index contributed by atoms with van der Waals surface area (Å²) in [7, 11) is 1.58. The smallest absolute Gasteiger partial charge is 0.410 e. The second kappa shape index (κ2) is 9.05. The molecule has 7 heteroatoms. The van der Waals surface area contributed by atoms with E-state index in [2.05, 4.69) is 6.58 Å². The number of carbonyl (C=O) groups excluding carboxylic acids is 3. The van der Waals surface area contributed by atoms with Gasteiger partial charge in [-0.3, -0.25) is 9.69 Å². The van der Waals surface area contributed by atoms with Crippen LogP contribution < -0.4 is 0 Å². The molecular formula is C19H32N2O5. The molecule has 2 amide bonds. The lowest BCUT2D eigenvalue weighted by atomic mass is 10.0. The molecule has 0 N–H and O–H groups in total. The molecule has 1 fully saturated rings. The summed E-state index contributed by atoms with van der Waals surface area (Å²) in [6.07, 6.45) is 2.25. The number of ether oxygens (including phenoxy) is 2. The van der Waals surface area contributed by atoms with Gasteiger partial charge in [0.05, 0.1) is 0 Å². The van der Waals surface area contributed by atoms with E-state index in [1.165, 1.54) is 15.9 Å². The Balaban J connectivity index is 2.91. The summed E-state index contributed by atoms with van der Waals surface area (Å²) in [5.41, 5.74) is -0.631. The van der Waals surface area contributed by atoms with E-state index in [-0.39, 0.29) is 18.4 Å². The van der Waals surface area contributed by atoms with Crippen LogP contribution in [0, 0.1) is 5.92 Å². The molecular weight excluding hydrogens is 336 g/mol. The first-order valence-corrected chi connectivity index (χ1v) is 9.03. The Labute approximate surface area is 156 Å². The first kappa shape index (κ1) is 22.0. The Morgan fingerprint density at radius 3 is 2.42 bits per heavy atom. The summed E-state index contributed by atoms with van der Waals surface area (Å²) in [5, 5.41) is 0. The maximum absolute atomic E-state index is 13.0. The third-order valence-electron chi connectivity index (χ3n) is 4.15. The van der Waals surface area contributed by atoms with Crippen molar-refractivity contribution in [2.75, 3.05) is 20.2 Å². The SMILES string of the molecule is C=CCOC(=O)[C@@H](C(C)C)N(C)C(=O)[C@@H]1CCCN1C(=O)OC(C)(C)C. The van der Waals surface area contributed by atoms with Gasteiger partial charge in [-0.25, -0.2) is 9.59 Å². The Hall–Kier alpha value is -2.05. The number of rotatable bonds is 6. The van der Waals surface area contributed by atoms with Gasteiger partial charge in [-0.1, -0.05) is 26.5 Å². The second-order valence-electron chi connectivity index (χ2n) is 7.89. The molecule has 148 valence electrons. The summed E-state index contributed by atoms with van der Waals surface area (Å²) < 4.78 is 10.5. The molecule has 1 aliphatic rings. The molecule has 2 atom stereocenters. The van der Waals surface area contributed by atoms with Gasteiger partial charge in [0.15, 0.2) is 0 Å². The van der Waals surface area contributed by atoms with Crippen LogP contribution in [0.3, 0.4) is 0 Å². The van der Waals surface area contributed by atoms with Crippen LogP contribution in [0.1, 0.15) is 47.5 Å². The molecule has 0 aromatic carbocycles. The highest BCUT2D eigenvalue weighted by Gasteiger charge is 2.41. The molecule has 7 nitrogen and oxygen atoms in total. The molecule has 1 saturated heterocycles. The molecule has 0 aromatic heterocycles. The molecule has 0 spiro atoms. The summed E-state index contributed by atoms with van der Waals surface area (Å²) in [6, 6.07) is -1.34. The van der Waals surface area contributed by atoms with Gasteiger partial charge in [0, 0.05) is 13.6 Å². The van der Waals surface area contributed by atoms with E-state index in [4.69, 9.17) is 9.47 Å². The molecule has 0 aliphatic carbocycles. The molecule has 0 bridgehead atoms. The van der Waals surface area contributed by atoms with Crippen LogP contribution in [0.5, 0.6) is 0 Å². The fraction of sp³-hybridized carbons (Fsp3) is 0.737. The van der Waals surface area contributed by atoms with Crippen LogP contribution in [-0.4, -0.2) is 65.7 Å². The first-order chi connectivity index (χ1) is 12.0. The lowest BCUT2D eigenvalue weighted by Crippen LogP contribution is -2.54. The zero-order valence-electron chi connectivity index (χ0n) is 16.8. The third kappa shape index (κ3) is 5.75. The van der Waals surface area contributed by atoms with Gasteiger partial charge >= 0.3 is 12.1 Å². The van der Waals surface area contributed by atoms with Crippen molar-refractivity contribution in [3.8, 4) is 0 Å². The monoisotopic (exact) mass is 368 g/mol. The largest absolute Gasteiger partial charge is 0.460 e. The first-order valence-electron chi connectivity index (χ1n) is 9.03. The van der Waals surface area contributed by atoms with Crippen LogP contribution in [0.2, 0.25) is 0 Å². The van der Waals surface area contributed by atoms with Crippen molar-refractivity contribution < 1.29 is 23.9 Å². The summed E-state index contributed by atoms with van der Waals surface area (Å²) in [6.45, 7) is 13.1. The summed E-state index contributed by atoms with van der Waals surface area (Å²) in [4.78, 5) is 40.6. The van der Waals surface area contributed by atoms with Gasteiger partial charge in [0.2, 0.25) is 5.91 Å². The normalized spacial score (nSPS) is 18.4. The fourth-order valence-electron chi connectivity index (χ4n) is 3.04. The molecule has 26 heavy (non-hydrogen) atoms. The molecule has 0 aromatic rings. The van der Waals surface area contributed by atoms with E-state index in [1.54, 1.807) is 27.8 Å². The number of nitrogens with zero attached hydrogens (tertiary/aromatic N) is 2. The number of carbonyl (C=O) groups is 3. The highest BCUT2D eigenvalue weighted by atomic mass is 16.6. The van der Waals surface area contributed by atoms with E-state index in [1.807, 2.05) is 13.8 Å². The van der Waals surface area contributed by atoms with Crippen LogP contribution in [0.4, 0.5) is 4.79 Å². The van der Waals surface area contributed by atoms with Crippen LogP contribution in [0.15, 0.2) is 12.7 Å². The Morgan fingerprint density at radius 1 is 1.31 bits per heavy atom. The van der Waals surface area contributed by atoms with Gasteiger partial charge in [0.25, 0.3) is 0 Å². The number of likely N-dealkylation sites (N-methyl/N-ethyl adjacent to an activating group) is 1. The minimum absolute atomic E-state index is 0.0948. The zero-order valence-corrected chi connectivity index (χ0v) is 16.8. The second-order valence-corrected chi connectivity index (χ2v) is 7.89. The maximum Gasteiger partial charge on any atom is 0.410 e. The molecule has 0 radical (unpaired) electrons. The van der Waals surface area contributed by atoms with E-state index in [9.17, 15) is 14.4 Å². The van der Waals surface area contributed by atoms with E-state index < -0.39 is 29.7 Å². The lowest BCUT2D eigenvalue weighted by Gasteiger charge is -2.34. The molecule has 1 rings (SSSR count). The number of hydrogen-bond donors (Lipinski definition) is 0. The topological polar surface area (TPSA) is 76.2 Å². The van der Waals surface area contributed by atoms with Crippen molar-refractivity contribution in [1.82, 2.24) is 9.80 Å². The quantitative estimate of drug-likeness (QED) is 0.532. The van der Waals surface area contributed by atoms with Crippen molar-refractivity contribution in [3.63, 3.8) is 0 Å². The Morgan fingerprint density at radius 2 is 1.92 bits per heavy atom. The molecule has 1 aliphatic heterocycles. The standard InChI is InChI=1S/C19H32N2O5/c1-8-12-25-17(23)15(13(2)3)20(7)16(22)14-10-9-11-21(14)18(24)26-19(4,5)6/h8,13-15H,1,9-12H2,2-7H3/t14-,15+/m0/s1. The Kier molecular flexibility index (Phi) is 7.66. The van der Waals surface area contributed by atoms with E-state index in [0.29, 0.717) is 13.0 Å². The zero-order chi connectivity index (χ0) is 20.1. The number of amides is 2. The minimum atomic E-state index is -0.719. The van der Waals surface area contributed by atoms with Crippen molar-refractivity contribution in [2.24, 2.45) is 5.92 Å². The third-order valence-corrected chi connectivity index (χ3v) is 4.15.